The van der Waals surface area contributed by atoms with Crippen molar-refractivity contribution < 1.29 is 9.53 Å². The Morgan fingerprint density at radius 1 is 1.41 bits per heavy atom. The lowest BCUT2D eigenvalue weighted by molar-refractivity contribution is -0.132. The Bertz CT molecular complexity index is 402. The van der Waals surface area contributed by atoms with Crippen LogP contribution in [0.4, 0.5) is 0 Å². The van der Waals surface area contributed by atoms with Crippen molar-refractivity contribution in [3.05, 3.63) is 11.6 Å². The second kappa shape index (κ2) is 5.27. The number of carbonyl (C=O) groups excluding carboxylic acids is 1. The van der Waals surface area contributed by atoms with Gasteiger partial charge in [0, 0.05) is 26.6 Å². The predicted molar refractivity (Wildman–Crippen MR) is 61.1 cm³/mol. The van der Waals surface area contributed by atoms with Crippen LogP contribution < -0.4 is 0 Å². The van der Waals surface area contributed by atoms with E-state index < -0.39 is 0 Å². The number of rotatable bonds is 4. The molecule has 0 saturated carbocycles. The summed E-state index contributed by atoms with van der Waals surface area (Å²) in [7, 11) is 1.64. The highest BCUT2D eigenvalue weighted by Crippen LogP contribution is 2.14. The Kier molecular flexibility index (Phi) is 3.73. The van der Waals surface area contributed by atoms with Crippen LogP contribution >= 0.6 is 0 Å². The maximum Gasteiger partial charge on any atom is 0.223 e. The van der Waals surface area contributed by atoms with Crippen molar-refractivity contribution >= 4 is 5.91 Å². The molecule has 0 bridgehead atoms. The average Bonchev–Trinajstić information content (AvgIpc) is 2.73. The average molecular weight is 238 g/mol. The first kappa shape index (κ1) is 12.0. The zero-order valence-corrected chi connectivity index (χ0v) is 10.3. The van der Waals surface area contributed by atoms with Gasteiger partial charge < -0.3 is 14.2 Å². The van der Waals surface area contributed by atoms with E-state index in [4.69, 9.17) is 4.74 Å². The minimum absolute atomic E-state index is 0.204. The summed E-state index contributed by atoms with van der Waals surface area (Å²) in [5.41, 5.74) is 0. The van der Waals surface area contributed by atoms with Gasteiger partial charge in [-0.05, 0) is 6.42 Å². The third kappa shape index (κ3) is 2.46. The number of ether oxygens (including phenoxy) is 1. The van der Waals surface area contributed by atoms with Gasteiger partial charge in [-0.3, -0.25) is 4.79 Å². The van der Waals surface area contributed by atoms with E-state index >= 15 is 0 Å². The van der Waals surface area contributed by atoms with E-state index in [9.17, 15) is 4.79 Å². The first-order valence-corrected chi connectivity index (χ1v) is 5.94. The molecule has 17 heavy (non-hydrogen) atoms. The second-order valence-corrected chi connectivity index (χ2v) is 4.18. The molecule has 0 N–H and O–H groups in total. The van der Waals surface area contributed by atoms with E-state index in [0.717, 1.165) is 31.2 Å². The first-order valence-electron chi connectivity index (χ1n) is 5.94. The molecule has 0 unspecified atom stereocenters. The molecule has 0 fully saturated rings. The van der Waals surface area contributed by atoms with Crippen molar-refractivity contribution in [1.82, 2.24) is 19.7 Å². The van der Waals surface area contributed by atoms with Gasteiger partial charge >= 0.3 is 0 Å². The van der Waals surface area contributed by atoms with Gasteiger partial charge in [-0.25, -0.2) is 0 Å². The summed E-state index contributed by atoms with van der Waals surface area (Å²) < 4.78 is 7.10. The van der Waals surface area contributed by atoms with Crippen LogP contribution in [-0.4, -0.2) is 39.2 Å². The first-order chi connectivity index (χ1) is 8.26. The largest absolute Gasteiger partial charge is 0.377 e. The fraction of sp³-hybridized carbons (Fsp3) is 0.727. The fourth-order valence-electron chi connectivity index (χ4n) is 2.04. The smallest absolute Gasteiger partial charge is 0.223 e. The molecule has 1 amide bonds. The number of methoxy groups -OCH3 is 1. The molecular weight excluding hydrogens is 220 g/mol. The van der Waals surface area contributed by atoms with Gasteiger partial charge in [0.1, 0.15) is 6.61 Å². The van der Waals surface area contributed by atoms with Gasteiger partial charge in [0.25, 0.3) is 0 Å². The second-order valence-electron chi connectivity index (χ2n) is 4.18. The van der Waals surface area contributed by atoms with Gasteiger partial charge in [-0.2, -0.15) is 0 Å². The molecule has 94 valence electrons. The number of nitrogens with zero attached hydrogens (tertiary/aromatic N) is 4. The molecule has 0 aromatic carbocycles. The molecule has 1 aliphatic heterocycles. The third-order valence-electron chi connectivity index (χ3n) is 2.92. The molecule has 0 atom stereocenters. The van der Waals surface area contributed by atoms with Crippen molar-refractivity contribution in [1.29, 1.82) is 0 Å². The highest BCUT2D eigenvalue weighted by molar-refractivity contribution is 5.76. The third-order valence-corrected chi connectivity index (χ3v) is 2.92. The van der Waals surface area contributed by atoms with Crippen molar-refractivity contribution in [2.45, 2.75) is 39.5 Å². The number of hydrogen-bond donors (Lipinski definition) is 0. The summed E-state index contributed by atoms with van der Waals surface area (Å²) in [4.78, 5) is 13.6. The van der Waals surface area contributed by atoms with Crippen LogP contribution in [-0.2, 0) is 29.2 Å². The number of amides is 1. The van der Waals surface area contributed by atoms with E-state index in [1.165, 1.54) is 0 Å². The monoisotopic (exact) mass is 238 g/mol. The molecule has 0 saturated heterocycles. The Morgan fingerprint density at radius 2 is 2.24 bits per heavy atom. The highest BCUT2D eigenvalue weighted by Gasteiger charge is 2.23. The van der Waals surface area contributed by atoms with Crippen LogP contribution in [0.2, 0.25) is 0 Å². The van der Waals surface area contributed by atoms with Crippen molar-refractivity contribution in [2.75, 3.05) is 13.7 Å². The summed E-state index contributed by atoms with van der Waals surface area (Å²) in [6.07, 6.45) is 1.50. The molecule has 1 aromatic rings. The summed E-state index contributed by atoms with van der Waals surface area (Å²) in [5.74, 6) is 1.90. The Morgan fingerprint density at radius 3 is 2.94 bits per heavy atom. The zero-order valence-electron chi connectivity index (χ0n) is 10.3. The summed E-state index contributed by atoms with van der Waals surface area (Å²) >= 11 is 0. The van der Waals surface area contributed by atoms with Crippen LogP contribution in [0.3, 0.4) is 0 Å². The van der Waals surface area contributed by atoms with Crippen LogP contribution in [0.25, 0.3) is 0 Å². The lowest BCUT2D eigenvalue weighted by Crippen LogP contribution is -2.38. The minimum atomic E-state index is 0.204. The van der Waals surface area contributed by atoms with E-state index in [-0.39, 0.29) is 5.91 Å². The maximum absolute atomic E-state index is 11.8. The standard InChI is InChI=1S/C11H18N4O2/c1-3-4-11(16)14-5-6-15-9(7-14)12-13-10(15)8-17-2/h3-8H2,1-2H3. The normalized spacial score (nSPS) is 14.8. The lowest BCUT2D eigenvalue weighted by Gasteiger charge is -2.27. The van der Waals surface area contributed by atoms with E-state index in [1.54, 1.807) is 7.11 Å². The molecule has 1 aromatic heterocycles. The molecule has 2 rings (SSSR count). The van der Waals surface area contributed by atoms with Crippen LogP contribution in [0.15, 0.2) is 0 Å². The maximum atomic E-state index is 11.8. The molecular formula is C11H18N4O2. The quantitative estimate of drug-likeness (QED) is 0.769. The number of hydrogen-bond acceptors (Lipinski definition) is 4. The van der Waals surface area contributed by atoms with Crippen LogP contribution in [0.1, 0.15) is 31.4 Å². The Balaban J connectivity index is 2.07. The van der Waals surface area contributed by atoms with Crippen molar-refractivity contribution in [3.8, 4) is 0 Å². The van der Waals surface area contributed by atoms with Gasteiger partial charge in [0.15, 0.2) is 11.6 Å². The zero-order chi connectivity index (χ0) is 12.3. The van der Waals surface area contributed by atoms with E-state index in [2.05, 4.69) is 10.2 Å². The van der Waals surface area contributed by atoms with Gasteiger partial charge in [-0.1, -0.05) is 6.92 Å². The van der Waals surface area contributed by atoms with E-state index in [0.29, 0.717) is 19.6 Å². The number of aromatic nitrogens is 3. The predicted octanol–water partition coefficient (Wildman–Crippen LogP) is 0.567. The molecule has 0 radical (unpaired) electrons. The summed E-state index contributed by atoms with van der Waals surface area (Å²) in [6, 6.07) is 0. The molecule has 0 aliphatic carbocycles. The molecule has 2 heterocycles. The molecule has 6 heteroatoms. The van der Waals surface area contributed by atoms with Gasteiger partial charge in [-0.15, -0.1) is 10.2 Å². The highest BCUT2D eigenvalue weighted by atomic mass is 16.5. The number of carbonyl (C=O) groups is 1. The topological polar surface area (TPSA) is 60.2 Å². The van der Waals surface area contributed by atoms with Crippen molar-refractivity contribution in [3.63, 3.8) is 0 Å². The van der Waals surface area contributed by atoms with Crippen molar-refractivity contribution in [2.24, 2.45) is 0 Å². The minimum Gasteiger partial charge on any atom is -0.377 e. The Labute approximate surface area is 101 Å². The Hall–Kier alpha value is -1.43. The van der Waals surface area contributed by atoms with Gasteiger partial charge in [0.05, 0.1) is 6.54 Å². The lowest BCUT2D eigenvalue weighted by atomic mass is 10.2. The number of fused-ring (bicyclic) bond motifs is 1. The SMILES string of the molecule is CCCC(=O)N1CCn2c(COC)nnc2C1. The van der Waals surface area contributed by atoms with Crippen LogP contribution in [0, 0.1) is 0 Å². The molecule has 1 aliphatic rings. The van der Waals surface area contributed by atoms with Crippen LogP contribution in [0.5, 0.6) is 0 Å². The fourth-order valence-corrected chi connectivity index (χ4v) is 2.04. The molecule has 6 nitrogen and oxygen atoms in total. The van der Waals surface area contributed by atoms with E-state index in [1.807, 2.05) is 16.4 Å². The molecule has 0 spiro atoms. The summed E-state index contributed by atoms with van der Waals surface area (Å²) in [5, 5.41) is 8.18. The summed E-state index contributed by atoms with van der Waals surface area (Å²) in [6.45, 7) is 4.55. The van der Waals surface area contributed by atoms with Gasteiger partial charge in [0.2, 0.25) is 5.91 Å².